The van der Waals surface area contributed by atoms with E-state index in [1.165, 1.54) is 28.8 Å². The Hall–Kier alpha value is -3.59. The Labute approximate surface area is 170 Å². The maximum Gasteiger partial charge on any atom is 0.257 e. The molecule has 0 aliphatic heterocycles. The fraction of sp³-hybridized carbons (Fsp3) is 0.100. The summed E-state index contributed by atoms with van der Waals surface area (Å²) < 4.78 is 6.79. The fourth-order valence-electron chi connectivity index (χ4n) is 2.86. The number of furan rings is 1. The van der Waals surface area contributed by atoms with E-state index in [-0.39, 0.29) is 17.4 Å². The predicted octanol–water partition coefficient (Wildman–Crippen LogP) is 3.50. The van der Waals surface area contributed by atoms with Gasteiger partial charge in [-0.3, -0.25) is 14.6 Å². The molecule has 0 fully saturated rings. The molecule has 4 aromatic rings. The number of amides is 1. The van der Waals surface area contributed by atoms with Crippen LogP contribution in [0.4, 0.5) is 5.82 Å². The number of thioether (sulfide) groups is 1. The number of benzene rings is 1. The summed E-state index contributed by atoms with van der Waals surface area (Å²) in [6, 6.07) is 13.9. The van der Waals surface area contributed by atoms with Crippen LogP contribution in [0, 0.1) is 6.92 Å². The second-order valence-electron chi connectivity index (χ2n) is 6.17. The van der Waals surface area contributed by atoms with Gasteiger partial charge in [-0.2, -0.15) is 9.78 Å². The van der Waals surface area contributed by atoms with Crippen LogP contribution in [0.2, 0.25) is 0 Å². The number of aromatic amines is 1. The quantitative estimate of drug-likeness (QED) is 0.491. The lowest BCUT2D eigenvalue weighted by Crippen LogP contribution is -2.19. The number of aryl methyl sites for hydroxylation is 1. The smallest absolute Gasteiger partial charge is 0.257 e. The third kappa shape index (κ3) is 3.85. The van der Waals surface area contributed by atoms with Crippen molar-refractivity contribution in [2.75, 3.05) is 11.6 Å². The number of carbonyl (C=O) groups is 1. The zero-order chi connectivity index (χ0) is 20.4. The Morgan fingerprint density at radius 1 is 1.21 bits per heavy atom. The van der Waals surface area contributed by atoms with Gasteiger partial charge in [0.15, 0.2) is 5.76 Å². The second kappa shape index (κ2) is 7.80. The molecule has 0 saturated carbocycles. The second-order valence-corrected chi connectivity index (χ2v) is 7.02. The van der Waals surface area contributed by atoms with Crippen LogP contribution in [0.3, 0.4) is 0 Å². The van der Waals surface area contributed by atoms with Gasteiger partial charge in [0.05, 0.1) is 11.8 Å². The third-order valence-electron chi connectivity index (χ3n) is 4.13. The van der Waals surface area contributed by atoms with Crippen LogP contribution in [0.25, 0.3) is 17.4 Å². The van der Waals surface area contributed by atoms with E-state index >= 15 is 0 Å². The van der Waals surface area contributed by atoms with Gasteiger partial charge >= 0.3 is 0 Å². The van der Waals surface area contributed by atoms with Crippen molar-refractivity contribution in [3.05, 3.63) is 76.4 Å². The molecule has 0 spiro atoms. The summed E-state index contributed by atoms with van der Waals surface area (Å²) in [4.78, 5) is 32.7. The minimum atomic E-state index is -0.312. The van der Waals surface area contributed by atoms with Crippen molar-refractivity contribution in [1.82, 2.24) is 19.7 Å². The molecule has 0 atom stereocenters. The number of hydrogen-bond acceptors (Lipinski definition) is 6. The number of rotatable bonds is 5. The van der Waals surface area contributed by atoms with Gasteiger partial charge < -0.3 is 9.73 Å². The number of nitrogens with one attached hydrogen (secondary N) is 2. The molecule has 29 heavy (non-hydrogen) atoms. The minimum absolute atomic E-state index is 0.196. The van der Waals surface area contributed by atoms with Gasteiger partial charge in [0, 0.05) is 22.7 Å². The number of aromatic nitrogens is 4. The van der Waals surface area contributed by atoms with Gasteiger partial charge in [-0.15, -0.1) is 11.8 Å². The first kappa shape index (κ1) is 18.8. The average Bonchev–Trinajstić information content (AvgIpc) is 3.37. The lowest BCUT2D eigenvalue weighted by Gasteiger charge is -2.10. The van der Waals surface area contributed by atoms with Gasteiger partial charge in [-0.05, 0) is 37.4 Å². The van der Waals surface area contributed by atoms with Crippen LogP contribution in [0.15, 0.2) is 68.9 Å². The summed E-state index contributed by atoms with van der Waals surface area (Å²) in [6.07, 6.45) is 3.45. The summed E-state index contributed by atoms with van der Waals surface area (Å²) in [5.41, 5.74) is 1.25. The molecule has 2 N–H and O–H groups in total. The van der Waals surface area contributed by atoms with Crippen LogP contribution < -0.4 is 10.9 Å². The molecule has 8 nitrogen and oxygen atoms in total. The monoisotopic (exact) mass is 407 g/mol. The van der Waals surface area contributed by atoms with E-state index < -0.39 is 0 Å². The van der Waals surface area contributed by atoms with Gasteiger partial charge in [-0.1, -0.05) is 12.1 Å². The molecule has 1 amide bonds. The number of carbonyl (C=O) groups excluding carboxylic acids is 1. The Balaban J connectivity index is 1.79. The van der Waals surface area contributed by atoms with E-state index in [2.05, 4.69) is 20.4 Å². The zero-order valence-corrected chi connectivity index (χ0v) is 16.5. The maximum atomic E-state index is 12.9. The first-order valence-electron chi connectivity index (χ1n) is 8.72. The first-order chi connectivity index (χ1) is 14.0. The molecule has 4 rings (SSSR count). The highest BCUT2D eigenvalue weighted by atomic mass is 32.2. The number of anilines is 1. The Morgan fingerprint density at radius 3 is 2.76 bits per heavy atom. The molecule has 0 aliphatic rings. The van der Waals surface area contributed by atoms with E-state index in [4.69, 9.17) is 4.42 Å². The largest absolute Gasteiger partial charge is 0.463 e. The molecular weight excluding hydrogens is 390 g/mol. The predicted molar refractivity (Wildman–Crippen MR) is 111 cm³/mol. The molecule has 0 saturated heterocycles. The van der Waals surface area contributed by atoms with Gasteiger partial charge in [0.1, 0.15) is 11.5 Å². The van der Waals surface area contributed by atoms with Crippen molar-refractivity contribution in [2.45, 2.75) is 11.8 Å². The number of hydrogen-bond donors (Lipinski definition) is 2. The zero-order valence-electron chi connectivity index (χ0n) is 15.7. The molecule has 0 unspecified atom stereocenters. The average molecular weight is 407 g/mol. The summed E-state index contributed by atoms with van der Waals surface area (Å²) >= 11 is 1.48. The molecule has 0 radical (unpaired) electrons. The molecule has 9 heteroatoms. The van der Waals surface area contributed by atoms with Crippen molar-refractivity contribution >= 4 is 23.5 Å². The summed E-state index contributed by atoms with van der Waals surface area (Å²) in [5, 5.41) is 7.33. The molecule has 1 aromatic carbocycles. The van der Waals surface area contributed by atoms with Crippen LogP contribution in [-0.4, -0.2) is 31.9 Å². The molecule has 0 aliphatic carbocycles. The maximum absolute atomic E-state index is 12.9. The van der Waals surface area contributed by atoms with Crippen molar-refractivity contribution in [1.29, 1.82) is 0 Å². The molecule has 3 heterocycles. The summed E-state index contributed by atoms with van der Waals surface area (Å²) in [5.74, 6) is 0.781. The summed E-state index contributed by atoms with van der Waals surface area (Å²) in [6.45, 7) is 1.71. The van der Waals surface area contributed by atoms with Crippen LogP contribution in [-0.2, 0) is 0 Å². The Kier molecular flexibility index (Phi) is 5.05. The minimum Gasteiger partial charge on any atom is -0.463 e. The summed E-state index contributed by atoms with van der Waals surface area (Å²) in [7, 11) is 0. The molecule has 3 aromatic heterocycles. The van der Waals surface area contributed by atoms with Crippen LogP contribution >= 0.6 is 11.8 Å². The topological polar surface area (TPSA) is 106 Å². The van der Waals surface area contributed by atoms with Crippen molar-refractivity contribution in [3.63, 3.8) is 0 Å². The van der Waals surface area contributed by atoms with Crippen LogP contribution in [0.5, 0.6) is 0 Å². The fourth-order valence-corrected chi connectivity index (χ4v) is 3.45. The van der Waals surface area contributed by atoms with Crippen molar-refractivity contribution in [3.8, 4) is 17.4 Å². The van der Waals surface area contributed by atoms with Crippen molar-refractivity contribution < 1.29 is 9.21 Å². The van der Waals surface area contributed by atoms with Gasteiger partial charge in [0.25, 0.3) is 11.5 Å². The van der Waals surface area contributed by atoms with E-state index in [9.17, 15) is 9.59 Å². The lowest BCUT2D eigenvalue weighted by molar-refractivity contribution is 0.102. The van der Waals surface area contributed by atoms with Crippen LogP contribution in [0.1, 0.15) is 16.1 Å². The highest BCUT2D eigenvalue weighted by molar-refractivity contribution is 7.98. The number of nitrogens with zero attached hydrogens (tertiary/aromatic N) is 3. The van der Waals surface area contributed by atoms with Crippen molar-refractivity contribution in [2.24, 2.45) is 0 Å². The normalized spacial score (nSPS) is 10.8. The number of H-pyrrole nitrogens is 1. The SMILES string of the molecule is CSc1ccccc1C(=O)Nc1cc(-c2ccco2)nn1-c1nc(C)cc(=O)[nH]1. The molecular formula is C20H17N5O3S. The lowest BCUT2D eigenvalue weighted by atomic mass is 10.2. The van der Waals surface area contributed by atoms with E-state index in [1.54, 1.807) is 37.3 Å². The van der Waals surface area contributed by atoms with E-state index in [0.29, 0.717) is 28.5 Å². The standard InChI is InChI=1S/C20H17N5O3S/c1-12-10-18(26)23-20(21-12)25-17(11-14(24-25)15-7-5-9-28-15)22-19(27)13-6-3-4-8-16(13)29-2/h3-11H,1-2H3,(H,22,27)(H,21,23,26). The molecule has 146 valence electrons. The third-order valence-corrected chi connectivity index (χ3v) is 4.93. The first-order valence-corrected chi connectivity index (χ1v) is 9.94. The molecule has 0 bridgehead atoms. The Morgan fingerprint density at radius 2 is 2.03 bits per heavy atom. The highest BCUT2D eigenvalue weighted by Gasteiger charge is 2.18. The van der Waals surface area contributed by atoms with E-state index in [1.807, 2.05) is 18.4 Å². The van der Waals surface area contributed by atoms with E-state index in [0.717, 1.165) is 4.90 Å². The Bertz CT molecular complexity index is 1230. The van der Waals surface area contributed by atoms with Gasteiger partial charge in [0.2, 0.25) is 5.95 Å². The van der Waals surface area contributed by atoms with Gasteiger partial charge in [-0.25, -0.2) is 4.98 Å². The highest BCUT2D eigenvalue weighted by Crippen LogP contribution is 2.26.